The Morgan fingerprint density at radius 1 is 0.931 bits per heavy atom. The zero-order chi connectivity index (χ0) is 20.1. The van der Waals surface area contributed by atoms with Crippen molar-refractivity contribution in [2.45, 2.75) is 6.23 Å². The molecule has 144 valence electrons. The summed E-state index contributed by atoms with van der Waals surface area (Å²) in [5, 5.41) is 6.71. The molecule has 1 aromatic heterocycles. The summed E-state index contributed by atoms with van der Waals surface area (Å²) in [6.45, 7) is 0. The van der Waals surface area contributed by atoms with Crippen molar-refractivity contribution in [1.82, 2.24) is 14.8 Å². The normalized spacial score (nSPS) is 11.6. The summed E-state index contributed by atoms with van der Waals surface area (Å²) in [4.78, 5) is 16.7. The number of nitrogens with one attached hydrogen (secondary N) is 1. The zero-order valence-corrected chi connectivity index (χ0v) is 15.3. The fraction of sp³-hybridized carbons (Fsp3) is 0.0455. The molecule has 0 saturated heterocycles. The number of benzene rings is 3. The van der Waals surface area contributed by atoms with E-state index >= 15 is 0 Å². The lowest BCUT2D eigenvalue weighted by Gasteiger charge is -2.19. The van der Waals surface area contributed by atoms with E-state index in [4.69, 9.17) is 4.74 Å². The summed E-state index contributed by atoms with van der Waals surface area (Å²) in [5.74, 6) is -0.348. The third-order valence-corrected chi connectivity index (χ3v) is 4.22. The van der Waals surface area contributed by atoms with Crippen molar-refractivity contribution in [1.29, 1.82) is 0 Å². The number of rotatable bonds is 6. The number of carbonyl (C=O) groups is 1. The number of aromatic nitrogens is 3. The van der Waals surface area contributed by atoms with Gasteiger partial charge in [-0.05, 0) is 47.5 Å². The molecule has 0 radical (unpaired) electrons. The van der Waals surface area contributed by atoms with E-state index in [0.29, 0.717) is 11.4 Å². The van der Waals surface area contributed by atoms with Crippen LogP contribution in [0.3, 0.4) is 0 Å². The minimum Gasteiger partial charge on any atom is -0.459 e. The van der Waals surface area contributed by atoms with E-state index in [1.54, 1.807) is 12.1 Å². The summed E-state index contributed by atoms with van der Waals surface area (Å²) in [6, 6.07) is 22.8. The topological polar surface area (TPSA) is 69.0 Å². The highest BCUT2D eigenvalue weighted by molar-refractivity contribution is 5.93. The molecule has 0 fully saturated rings. The molecular weight excluding hydrogens is 371 g/mol. The van der Waals surface area contributed by atoms with Gasteiger partial charge < -0.3 is 10.1 Å². The van der Waals surface area contributed by atoms with E-state index in [2.05, 4.69) is 15.4 Å². The fourth-order valence-corrected chi connectivity index (χ4v) is 2.79. The van der Waals surface area contributed by atoms with Crippen LogP contribution in [0.1, 0.15) is 6.23 Å². The molecule has 7 heteroatoms. The van der Waals surface area contributed by atoms with E-state index < -0.39 is 12.1 Å². The van der Waals surface area contributed by atoms with E-state index in [9.17, 15) is 9.18 Å². The molecule has 0 spiro atoms. The maximum absolute atomic E-state index is 13.1. The molecule has 4 rings (SSSR count). The predicted octanol–water partition coefficient (Wildman–Crippen LogP) is 4.30. The highest BCUT2D eigenvalue weighted by Crippen LogP contribution is 2.24. The minimum absolute atomic E-state index is 0.384. The van der Waals surface area contributed by atoms with Crippen molar-refractivity contribution in [3.8, 4) is 16.9 Å². The second kappa shape index (κ2) is 8.35. The first-order chi connectivity index (χ1) is 14.2. The number of nitrogens with zero attached hydrogens (tertiary/aromatic N) is 3. The van der Waals surface area contributed by atoms with Crippen LogP contribution < -0.4 is 10.1 Å². The first-order valence-electron chi connectivity index (χ1n) is 8.92. The number of ether oxygens (including phenoxy) is 1. The van der Waals surface area contributed by atoms with Crippen LogP contribution in [0.5, 0.6) is 5.75 Å². The zero-order valence-electron chi connectivity index (χ0n) is 15.3. The molecule has 1 amide bonds. The second-order valence-corrected chi connectivity index (χ2v) is 6.23. The Bertz CT molecular complexity index is 1070. The monoisotopic (exact) mass is 388 g/mol. The lowest BCUT2D eigenvalue weighted by Crippen LogP contribution is -2.31. The van der Waals surface area contributed by atoms with Crippen LogP contribution in [-0.2, 0) is 4.79 Å². The number of anilines is 1. The fourth-order valence-electron chi connectivity index (χ4n) is 2.79. The van der Waals surface area contributed by atoms with Crippen molar-refractivity contribution in [3.63, 3.8) is 0 Å². The summed E-state index contributed by atoms with van der Waals surface area (Å²) >= 11 is 0. The highest BCUT2D eigenvalue weighted by atomic mass is 19.1. The Labute approximate surface area is 166 Å². The van der Waals surface area contributed by atoms with Crippen molar-refractivity contribution in [2.24, 2.45) is 0 Å². The van der Waals surface area contributed by atoms with Gasteiger partial charge >= 0.3 is 0 Å². The maximum atomic E-state index is 13.1. The number of carbonyl (C=O) groups excluding carboxylic acids is 1. The average molecular weight is 388 g/mol. The van der Waals surface area contributed by atoms with Gasteiger partial charge in [0, 0.05) is 5.69 Å². The molecule has 1 unspecified atom stereocenters. The molecule has 0 saturated carbocycles. The summed E-state index contributed by atoms with van der Waals surface area (Å²) in [6.07, 6.45) is 1.64. The van der Waals surface area contributed by atoms with Crippen molar-refractivity contribution < 1.29 is 13.9 Å². The Hall–Kier alpha value is -4.00. The molecule has 0 aliphatic carbocycles. The first-order valence-corrected chi connectivity index (χ1v) is 8.92. The molecule has 3 aromatic carbocycles. The third kappa shape index (κ3) is 4.47. The lowest BCUT2D eigenvalue weighted by molar-refractivity contribution is -0.127. The van der Waals surface area contributed by atoms with Crippen LogP contribution in [0.25, 0.3) is 11.1 Å². The Morgan fingerprint density at radius 2 is 1.62 bits per heavy atom. The molecule has 1 atom stereocenters. The Morgan fingerprint density at radius 3 is 2.28 bits per heavy atom. The van der Waals surface area contributed by atoms with Crippen molar-refractivity contribution in [3.05, 3.63) is 97.3 Å². The van der Waals surface area contributed by atoms with Gasteiger partial charge in [0.1, 0.15) is 24.2 Å². The second-order valence-electron chi connectivity index (χ2n) is 6.23. The summed E-state index contributed by atoms with van der Waals surface area (Å²) in [7, 11) is 0. The molecule has 0 aliphatic heterocycles. The van der Waals surface area contributed by atoms with Gasteiger partial charge in [-0.2, -0.15) is 5.10 Å². The summed E-state index contributed by atoms with van der Waals surface area (Å²) < 4.78 is 20.3. The molecular formula is C22H17FN4O2. The molecule has 4 aromatic rings. The van der Waals surface area contributed by atoms with Crippen molar-refractivity contribution >= 4 is 11.6 Å². The van der Waals surface area contributed by atoms with E-state index in [1.807, 2.05) is 42.5 Å². The van der Waals surface area contributed by atoms with Gasteiger partial charge in [-0.15, -0.1) is 0 Å². The molecule has 6 nitrogen and oxygen atoms in total. The van der Waals surface area contributed by atoms with Crippen LogP contribution >= 0.6 is 0 Å². The van der Waals surface area contributed by atoms with E-state index in [0.717, 1.165) is 11.1 Å². The summed E-state index contributed by atoms with van der Waals surface area (Å²) in [5.41, 5.74) is 2.57. The minimum atomic E-state index is -1.08. The molecule has 1 N–H and O–H groups in total. The van der Waals surface area contributed by atoms with Crippen molar-refractivity contribution in [2.75, 3.05) is 5.32 Å². The largest absolute Gasteiger partial charge is 0.459 e. The lowest BCUT2D eigenvalue weighted by atomic mass is 10.1. The molecule has 0 aliphatic rings. The highest BCUT2D eigenvalue weighted by Gasteiger charge is 2.23. The smallest absolute Gasteiger partial charge is 0.288 e. The van der Waals surface area contributed by atoms with Crippen LogP contribution in [0.4, 0.5) is 10.1 Å². The maximum Gasteiger partial charge on any atom is 0.288 e. The molecule has 0 bridgehead atoms. The average Bonchev–Trinajstić information content (AvgIpc) is 3.29. The van der Waals surface area contributed by atoms with Crippen LogP contribution in [0.15, 0.2) is 91.5 Å². The third-order valence-electron chi connectivity index (χ3n) is 4.22. The van der Waals surface area contributed by atoms with Gasteiger partial charge in [-0.1, -0.05) is 42.5 Å². The van der Waals surface area contributed by atoms with Crippen LogP contribution in [-0.4, -0.2) is 20.7 Å². The van der Waals surface area contributed by atoms with Gasteiger partial charge in [0.2, 0.25) is 0 Å². The number of hydrogen-bond acceptors (Lipinski definition) is 4. The van der Waals surface area contributed by atoms with Gasteiger partial charge in [0.25, 0.3) is 12.1 Å². The Balaban J connectivity index is 1.53. The molecule has 1 heterocycles. The van der Waals surface area contributed by atoms with Gasteiger partial charge in [0.15, 0.2) is 0 Å². The van der Waals surface area contributed by atoms with Crippen LogP contribution in [0.2, 0.25) is 0 Å². The van der Waals surface area contributed by atoms with E-state index in [1.165, 1.54) is 41.6 Å². The number of hydrogen-bond donors (Lipinski definition) is 1. The van der Waals surface area contributed by atoms with Crippen LogP contribution in [0, 0.1) is 5.82 Å². The predicted molar refractivity (Wildman–Crippen MR) is 107 cm³/mol. The van der Waals surface area contributed by atoms with E-state index in [-0.39, 0.29) is 5.82 Å². The first kappa shape index (κ1) is 18.4. The van der Waals surface area contributed by atoms with Gasteiger partial charge in [-0.3, -0.25) is 4.79 Å². The molecule has 29 heavy (non-hydrogen) atoms. The number of amides is 1. The Kier molecular flexibility index (Phi) is 5.29. The standard InChI is InChI=1S/C22H17FN4O2/c23-18-8-10-19(11-9-18)26-21(28)22(27-15-24-14-25-27)29-20-12-6-17(7-13-20)16-4-2-1-3-5-16/h1-15,22H,(H,26,28). The van der Waals surface area contributed by atoms with Gasteiger partial charge in [0.05, 0.1) is 0 Å². The number of halogens is 1. The SMILES string of the molecule is O=C(Nc1ccc(F)cc1)C(Oc1ccc(-c2ccccc2)cc1)n1cncn1. The quantitative estimate of drug-likeness (QED) is 0.535. The van der Waals surface area contributed by atoms with Gasteiger partial charge in [-0.25, -0.2) is 14.1 Å².